The molecule has 1 fully saturated rings. The molecule has 1 aromatic carbocycles. The van der Waals surface area contributed by atoms with E-state index in [1.165, 1.54) is 5.56 Å². The summed E-state index contributed by atoms with van der Waals surface area (Å²) in [5.74, 6) is 2.14. The molecule has 0 N–H and O–H groups in total. The Hall–Kier alpha value is -3.48. The molecule has 164 valence electrons. The van der Waals surface area contributed by atoms with Crippen molar-refractivity contribution in [3.8, 4) is 17.1 Å². The van der Waals surface area contributed by atoms with Crippen LogP contribution in [0, 0.1) is 12.8 Å². The Balaban J connectivity index is 1.43. The van der Waals surface area contributed by atoms with Crippen molar-refractivity contribution in [2.75, 3.05) is 0 Å². The fourth-order valence-corrected chi connectivity index (χ4v) is 4.41. The molecule has 0 unspecified atom stereocenters. The third kappa shape index (κ3) is 4.02. The van der Waals surface area contributed by atoms with Gasteiger partial charge in [0.25, 0.3) is 0 Å². The molecule has 1 saturated carbocycles. The number of benzene rings is 1. The lowest BCUT2D eigenvalue weighted by Gasteiger charge is -2.20. The maximum atomic E-state index is 11.7. The van der Waals surface area contributed by atoms with Crippen LogP contribution in [0.3, 0.4) is 0 Å². The Labute approximate surface area is 187 Å². The summed E-state index contributed by atoms with van der Waals surface area (Å²) in [5, 5.41) is 5.47. The quantitative estimate of drug-likeness (QED) is 0.456. The SMILES string of the molecule is Cc1nccn1Cc1ccc(-c2cc3nn(C)cc3c(O[C@H](C)[C@H]3CCC(=O)C3)n2)cc1. The summed E-state index contributed by atoms with van der Waals surface area (Å²) in [6.07, 6.45) is 7.79. The second-order valence-electron chi connectivity index (χ2n) is 8.71. The number of rotatable bonds is 6. The zero-order valence-electron chi connectivity index (χ0n) is 18.7. The summed E-state index contributed by atoms with van der Waals surface area (Å²) in [5.41, 5.74) is 3.88. The maximum absolute atomic E-state index is 11.7. The number of ketones is 1. The monoisotopic (exact) mass is 429 g/mol. The van der Waals surface area contributed by atoms with Crippen LogP contribution in [-0.4, -0.2) is 36.2 Å². The van der Waals surface area contributed by atoms with E-state index in [-0.39, 0.29) is 12.0 Å². The number of pyridine rings is 1. The summed E-state index contributed by atoms with van der Waals surface area (Å²) < 4.78 is 10.2. The average molecular weight is 430 g/mol. The Morgan fingerprint density at radius 3 is 2.75 bits per heavy atom. The van der Waals surface area contributed by atoms with Crippen LogP contribution in [-0.2, 0) is 18.4 Å². The smallest absolute Gasteiger partial charge is 0.225 e. The first-order chi connectivity index (χ1) is 15.5. The van der Waals surface area contributed by atoms with Gasteiger partial charge in [-0.1, -0.05) is 24.3 Å². The topological polar surface area (TPSA) is 74.8 Å². The van der Waals surface area contributed by atoms with Gasteiger partial charge in [0, 0.05) is 56.5 Å². The lowest BCUT2D eigenvalue weighted by Crippen LogP contribution is -2.22. The molecule has 7 heteroatoms. The highest BCUT2D eigenvalue weighted by molar-refractivity contribution is 5.86. The summed E-state index contributed by atoms with van der Waals surface area (Å²) in [7, 11) is 1.90. The van der Waals surface area contributed by atoms with Gasteiger partial charge in [-0.3, -0.25) is 9.48 Å². The second kappa shape index (κ2) is 8.22. The fourth-order valence-electron chi connectivity index (χ4n) is 4.41. The van der Waals surface area contributed by atoms with Crippen LogP contribution in [0.4, 0.5) is 0 Å². The molecule has 2 atom stereocenters. The molecule has 3 heterocycles. The van der Waals surface area contributed by atoms with Crippen molar-refractivity contribution < 1.29 is 9.53 Å². The molecule has 0 amide bonds. The van der Waals surface area contributed by atoms with E-state index in [1.54, 1.807) is 4.68 Å². The summed E-state index contributed by atoms with van der Waals surface area (Å²) in [4.78, 5) is 20.9. The molecule has 1 aliphatic rings. The number of aryl methyl sites for hydroxylation is 2. The number of aromatic nitrogens is 5. The molecule has 5 rings (SSSR count). The molecule has 3 aromatic heterocycles. The molecule has 0 saturated heterocycles. The summed E-state index contributed by atoms with van der Waals surface area (Å²) in [6, 6.07) is 10.4. The van der Waals surface area contributed by atoms with Crippen LogP contribution in [0.2, 0.25) is 0 Å². The number of carbonyl (C=O) groups excluding carboxylic acids is 1. The van der Waals surface area contributed by atoms with E-state index in [1.807, 2.05) is 45.6 Å². The Morgan fingerprint density at radius 1 is 1.25 bits per heavy atom. The van der Waals surface area contributed by atoms with E-state index in [2.05, 4.69) is 38.9 Å². The van der Waals surface area contributed by atoms with Crippen LogP contribution >= 0.6 is 0 Å². The minimum atomic E-state index is -0.0756. The number of imidazole rings is 1. The number of fused-ring (bicyclic) bond motifs is 1. The highest BCUT2D eigenvalue weighted by Crippen LogP contribution is 2.32. The van der Waals surface area contributed by atoms with Gasteiger partial charge in [-0.15, -0.1) is 0 Å². The lowest BCUT2D eigenvalue weighted by atomic mass is 10.0. The third-order valence-corrected chi connectivity index (χ3v) is 6.35. The molecule has 0 bridgehead atoms. The number of nitrogens with zero attached hydrogens (tertiary/aromatic N) is 5. The van der Waals surface area contributed by atoms with Crippen molar-refractivity contribution >= 4 is 16.7 Å². The van der Waals surface area contributed by atoms with Gasteiger partial charge >= 0.3 is 0 Å². The Kier molecular flexibility index (Phi) is 5.25. The molecule has 4 aromatic rings. The minimum Gasteiger partial charge on any atom is -0.474 e. The predicted molar refractivity (Wildman–Crippen MR) is 122 cm³/mol. The summed E-state index contributed by atoms with van der Waals surface area (Å²) >= 11 is 0. The van der Waals surface area contributed by atoms with E-state index < -0.39 is 0 Å². The lowest BCUT2D eigenvalue weighted by molar-refractivity contribution is -0.117. The van der Waals surface area contributed by atoms with Crippen molar-refractivity contribution in [1.82, 2.24) is 24.3 Å². The van der Waals surface area contributed by atoms with Gasteiger partial charge in [0.1, 0.15) is 17.7 Å². The molecule has 0 spiro atoms. The number of ether oxygens (including phenoxy) is 1. The molecule has 0 aliphatic heterocycles. The van der Waals surface area contributed by atoms with Crippen LogP contribution in [0.5, 0.6) is 5.88 Å². The predicted octanol–water partition coefficient (Wildman–Crippen LogP) is 4.33. The van der Waals surface area contributed by atoms with Gasteiger partial charge in [-0.2, -0.15) is 5.10 Å². The zero-order valence-corrected chi connectivity index (χ0v) is 18.7. The van der Waals surface area contributed by atoms with Gasteiger partial charge in [0.05, 0.1) is 16.6 Å². The van der Waals surface area contributed by atoms with Crippen molar-refractivity contribution in [2.24, 2.45) is 13.0 Å². The average Bonchev–Trinajstić information content (AvgIpc) is 3.48. The van der Waals surface area contributed by atoms with E-state index in [9.17, 15) is 4.79 Å². The van der Waals surface area contributed by atoms with Crippen LogP contribution in [0.15, 0.2) is 48.9 Å². The van der Waals surface area contributed by atoms with Crippen molar-refractivity contribution in [2.45, 2.75) is 45.8 Å². The first kappa shape index (κ1) is 20.4. The Bertz CT molecular complexity index is 1270. The molecule has 7 nitrogen and oxygen atoms in total. The molecular formula is C25H27N5O2. The largest absolute Gasteiger partial charge is 0.474 e. The summed E-state index contributed by atoms with van der Waals surface area (Å²) in [6.45, 7) is 4.82. The van der Waals surface area contributed by atoms with Gasteiger partial charge < -0.3 is 9.30 Å². The highest BCUT2D eigenvalue weighted by Gasteiger charge is 2.29. The molecule has 0 radical (unpaired) electrons. The van der Waals surface area contributed by atoms with Crippen LogP contribution < -0.4 is 4.74 Å². The first-order valence-corrected chi connectivity index (χ1v) is 11.1. The maximum Gasteiger partial charge on any atom is 0.225 e. The number of hydrogen-bond acceptors (Lipinski definition) is 5. The molecule has 32 heavy (non-hydrogen) atoms. The fraction of sp³-hybridized carbons (Fsp3) is 0.360. The van der Waals surface area contributed by atoms with Crippen LogP contribution in [0.1, 0.15) is 37.6 Å². The number of hydrogen-bond donors (Lipinski definition) is 0. The van der Waals surface area contributed by atoms with E-state index in [0.29, 0.717) is 24.5 Å². The van der Waals surface area contributed by atoms with E-state index in [4.69, 9.17) is 9.72 Å². The standard InChI is InChI=1S/C25H27N5O2/c1-16(20-8-9-21(31)12-20)32-25-22-15-29(3)28-24(22)13-23(27-25)19-6-4-18(5-7-19)14-30-11-10-26-17(30)2/h4-7,10-11,13,15-16,20H,8-9,12,14H2,1-3H3/t16-,20+/m1/s1. The first-order valence-electron chi connectivity index (χ1n) is 11.1. The van der Waals surface area contributed by atoms with Crippen molar-refractivity contribution in [1.29, 1.82) is 0 Å². The van der Waals surface area contributed by atoms with Gasteiger partial charge in [-0.05, 0) is 31.9 Å². The third-order valence-electron chi connectivity index (χ3n) is 6.35. The minimum absolute atomic E-state index is 0.0756. The zero-order chi connectivity index (χ0) is 22.2. The number of carbonyl (C=O) groups is 1. The van der Waals surface area contributed by atoms with Gasteiger partial charge in [0.2, 0.25) is 5.88 Å². The second-order valence-corrected chi connectivity index (χ2v) is 8.71. The van der Waals surface area contributed by atoms with Gasteiger partial charge in [-0.25, -0.2) is 9.97 Å². The molecule has 1 aliphatic carbocycles. The van der Waals surface area contributed by atoms with Crippen LogP contribution in [0.25, 0.3) is 22.2 Å². The Morgan fingerprint density at radius 2 is 2.06 bits per heavy atom. The highest BCUT2D eigenvalue weighted by atomic mass is 16.5. The normalized spacial score (nSPS) is 17.2. The molecular weight excluding hydrogens is 402 g/mol. The van der Waals surface area contributed by atoms with Crippen molar-refractivity contribution in [3.63, 3.8) is 0 Å². The van der Waals surface area contributed by atoms with E-state index >= 15 is 0 Å². The number of Topliss-reactive ketones (excluding diaryl/α,β-unsaturated/α-hetero) is 1. The van der Waals surface area contributed by atoms with Gasteiger partial charge in [0.15, 0.2) is 0 Å². The van der Waals surface area contributed by atoms with Crippen molar-refractivity contribution in [3.05, 3.63) is 60.3 Å². The van der Waals surface area contributed by atoms with E-state index in [0.717, 1.165) is 41.0 Å².